The minimum absolute atomic E-state index is 0.0555. The molecular formula is C14H17N3O7. The number of hydrogen-bond acceptors (Lipinski definition) is 8. The van der Waals surface area contributed by atoms with Gasteiger partial charge in [0.25, 0.3) is 5.69 Å². The SMILES string of the molecule is COC(CNC(=O)CN1CC(=O)Oc2cc([N+](=O)[O-])ccc21)OC. The monoisotopic (exact) mass is 339 g/mol. The van der Waals surface area contributed by atoms with Crippen molar-refractivity contribution in [3.8, 4) is 5.75 Å². The van der Waals surface area contributed by atoms with Crippen LogP contribution in [0.2, 0.25) is 0 Å². The average Bonchev–Trinajstić information content (AvgIpc) is 2.54. The molecule has 1 aromatic carbocycles. The maximum atomic E-state index is 12.0. The van der Waals surface area contributed by atoms with E-state index in [0.29, 0.717) is 5.69 Å². The molecule has 1 aromatic rings. The first kappa shape index (κ1) is 17.6. The molecule has 0 atom stereocenters. The Kier molecular flexibility index (Phi) is 5.66. The molecule has 0 saturated heterocycles. The molecule has 1 heterocycles. The number of amides is 1. The summed E-state index contributed by atoms with van der Waals surface area (Å²) in [6, 6.07) is 3.89. The molecule has 24 heavy (non-hydrogen) atoms. The first-order valence-electron chi connectivity index (χ1n) is 7.01. The quantitative estimate of drug-likeness (QED) is 0.243. The molecule has 10 nitrogen and oxygen atoms in total. The fourth-order valence-electron chi connectivity index (χ4n) is 2.19. The van der Waals surface area contributed by atoms with Crippen LogP contribution in [0.25, 0.3) is 0 Å². The van der Waals surface area contributed by atoms with E-state index in [-0.39, 0.29) is 37.0 Å². The maximum absolute atomic E-state index is 12.0. The Balaban J connectivity index is 2.08. The highest BCUT2D eigenvalue weighted by atomic mass is 16.7. The highest BCUT2D eigenvalue weighted by molar-refractivity contribution is 5.89. The molecule has 10 heteroatoms. The number of carbonyl (C=O) groups excluding carboxylic acids is 2. The molecule has 0 saturated carbocycles. The van der Waals surface area contributed by atoms with Gasteiger partial charge in [0.05, 0.1) is 29.8 Å². The van der Waals surface area contributed by atoms with Gasteiger partial charge in [-0.2, -0.15) is 0 Å². The van der Waals surface area contributed by atoms with Crippen molar-refractivity contribution in [1.29, 1.82) is 0 Å². The standard InChI is InChI=1S/C14H17N3O7/c1-22-14(23-2)6-15-12(18)7-16-8-13(19)24-11-5-9(17(20)21)3-4-10(11)16/h3-5,14H,6-8H2,1-2H3,(H,15,18). The highest BCUT2D eigenvalue weighted by Gasteiger charge is 2.27. The second-order valence-corrected chi connectivity index (χ2v) is 4.94. The molecule has 1 aliphatic heterocycles. The van der Waals surface area contributed by atoms with Crippen LogP contribution in [0.1, 0.15) is 0 Å². The maximum Gasteiger partial charge on any atom is 0.331 e. The third kappa shape index (κ3) is 4.18. The van der Waals surface area contributed by atoms with E-state index in [9.17, 15) is 19.7 Å². The summed E-state index contributed by atoms with van der Waals surface area (Å²) >= 11 is 0. The van der Waals surface area contributed by atoms with Gasteiger partial charge in [-0.3, -0.25) is 14.9 Å². The smallest absolute Gasteiger partial charge is 0.331 e. The van der Waals surface area contributed by atoms with Crippen LogP contribution in [0.3, 0.4) is 0 Å². The molecule has 0 aliphatic carbocycles. The Morgan fingerprint density at radius 3 is 2.79 bits per heavy atom. The molecule has 0 unspecified atom stereocenters. The van der Waals surface area contributed by atoms with Gasteiger partial charge in [0, 0.05) is 20.3 Å². The van der Waals surface area contributed by atoms with Crippen molar-refractivity contribution in [2.45, 2.75) is 6.29 Å². The Labute approximate surface area is 137 Å². The largest absolute Gasteiger partial charge is 0.423 e. The number of nitro groups is 1. The Hall–Kier alpha value is -2.72. The van der Waals surface area contributed by atoms with E-state index in [4.69, 9.17) is 14.2 Å². The summed E-state index contributed by atoms with van der Waals surface area (Å²) in [5, 5.41) is 13.4. The summed E-state index contributed by atoms with van der Waals surface area (Å²) in [5.74, 6) is -0.893. The lowest BCUT2D eigenvalue weighted by Crippen LogP contribution is -2.45. The summed E-state index contributed by atoms with van der Waals surface area (Å²) in [6.45, 7) is -0.0898. The predicted octanol–water partition coefficient (Wildman–Crippen LogP) is 0.0553. The van der Waals surface area contributed by atoms with Crippen molar-refractivity contribution >= 4 is 23.3 Å². The van der Waals surface area contributed by atoms with Crippen LogP contribution in [0.15, 0.2) is 18.2 Å². The van der Waals surface area contributed by atoms with Gasteiger partial charge in [0.15, 0.2) is 12.0 Å². The number of fused-ring (bicyclic) bond motifs is 1. The van der Waals surface area contributed by atoms with E-state index in [1.807, 2.05) is 0 Å². The third-order valence-electron chi connectivity index (χ3n) is 3.36. The predicted molar refractivity (Wildman–Crippen MR) is 81.8 cm³/mol. The van der Waals surface area contributed by atoms with Gasteiger partial charge < -0.3 is 24.4 Å². The van der Waals surface area contributed by atoms with Crippen molar-refractivity contribution < 1.29 is 28.7 Å². The first-order chi connectivity index (χ1) is 11.4. The van der Waals surface area contributed by atoms with Gasteiger partial charge >= 0.3 is 5.97 Å². The van der Waals surface area contributed by atoms with E-state index in [1.54, 1.807) is 0 Å². The van der Waals surface area contributed by atoms with Crippen LogP contribution in [0.5, 0.6) is 5.75 Å². The molecule has 130 valence electrons. The zero-order chi connectivity index (χ0) is 17.7. The number of anilines is 1. The van der Waals surface area contributed by atoms with E-state index in [2.05, 4.69) is 5.32 Å². The van der Waals surface area contributed by atoms with Crippen LogP contribution in [-0.4, -0.2) is 56.9 Å². The number of ether oxygens (including phenoxy) is 3. The number of benzene rings is 1. The fourth-order valence-corrected chi connectivity index (χ4v) is 2.19. The van der Waals surface area contributed by atoms with Gasteiger partial charge in [-0.1, -0.05) is 0 Å². The number of non-ortho nitro benzene ring substituents is 1. The molecule has 0 radical (unpaired) electrons. The van der Waals surface area contributed by atoms with Crippen molar-refractivity contribution in [2.24, 2.45) is 0 Å². The second-order valence-electron chi connectivity index (χ2n) is 4.94. The molecule has 1 N–H and O–H groups in total. The van der Waals surface area contributed by atoms with Gasteiger partial charge in [-0.05, 0) is 6.07 Å². The van der Waals surface area contributed by atoms with Crippen molar-refractivity contribution in [3.05, 3.63) is 28.3 Å². The summed E-state index contributed by atoms with van der Waals surface area (Å²) in [6.07, 6.45) is -0.574. The minimum atomic E-state index is -0.595. The summed E-state index contributed by atoms with van der Waals surface area (Å²) in [4.78, 5) is 35.4. The number of hydrogen-bond donors (Lipinski definition) is 1. The second kappa shape index (κ2) is 7.70. The van der Waals surface area contributed by atoms with Gasteiger partial charge in [-0.25, -0.2) is 4.79 Å². The summed E-state index contributed by atoms with van der Waals surface area (Å²) in [5.41, 5.74) is 0.237. The average molecular weight is 339 g/mol. The molecular weight excluding hydrogens is 322 g/mol. The number of nitrogens with one attached hydrogen (secondary N) is 1. The van der Waals surface area contributed by atoms with E-state index < -0.39 is 17.2 Å². The molecule has 0 spiro atoms. The number of nitrogens with zero attached hydrogens (tertiary/aromatic N) is 2. The normalized spacial score (nSPS) is 13.5. The van der Waals surface area contributed by atoms with Gasteiger partial charge in [0.1, 0.15) is 6.54 Å². The number of esters is 1. The Morgan fingerprint density at radius 2 is 2.17 bits per heavy atom. The van der Waals surface area contributed by atoms with E-state index in [0.717, 1.165) is 6.07 Å². The fraction of sp³-hybridized carbons (Fsp3) is 0.429. The molecule has 1 amide bonds. The zero-order valence-corrected chi connectivity index (χ0v) is 13.2. The van der Waals surface area contributed by atoms with Crippen molar-refractivity contribution in [3.63, 3.8) is 0 Å². The number of carbonyl (C=O) groups is 2. The van der Waals surface area contributed by atoms with Crippen LogP contribution < -0.4 is 15.0 Å². The lowest BCUT2D eigenvalue weighted by Gasteiger charge is -2.29. The third-order valence-corrected chi connectivity index (χ3v) is 3.36. The van der Waals surface area contributed by atoms with Gasteiger partial charge in [0.2, 0.25) is 5.91 Å². The van der Waals surface area contributed by atoms with Crippen LogP contribution in [0, 0.1) is 10.1 Å². The van der Waals surface area contributed by atoms with Crippen LogP contribution in [-0.2, 0) is 19.1 Å². The molecule has 0 aromatic heterocycles. The number of methoxy groups -OCH3 is 2. The Bertz CT molecular complexity index is 645. The van der Waals surface area contributed by atoms with Crippen LogP contribution >= 0.6 is 0 Å². The molecule has 1 aliphatic rings. The van der Waals surface area contributed by atoms with E-state index >= 15 is 0 Å². The molecule has 0 fully saturated rings. The van der Waals surface area contributed by atoms with Crippen molar-refractivity contribution in [2.75, 3.05) is 38.8 Å². The topological polar surface area (TPSA) is 120 Å². The highest BCUT2D eigenvalue weighted by Crippen LogP contribution is 2.34. The Morgan fingerprint density at radius 1 is 1.46 bits per heavy atom. The van der Waals surface area contributed by atoms with Gasteiger partial charge in [-0.15, -0.1) is 0 Å². The lowest BCUT2D eigenvalue weighted by molar-refractivity contribution is -0.384. The van der Waals surface area contributed by atoms with E-state index in [1.165, 1.54) is 31.3 Å². The molecule has 0 bridgehead atoms. The van der Waals surface area contributed by atoms with Crippen molar-refractivity contribution in [1.82, 2.24) is 5.32 Å². The van der Waals surface area contributed by atoms with Crippen LogP contribution in [0.4, 0.5) is 11.4 Å². The molecule has 2 rings (SSSR count). The minimum Gasteiger partial charge on any atom is -0.423 e. The first-order valence-corrected chi connectivity index (χ1v) is 7.01. The number of rotatable bonds is 7. The number of nitro benzene ring substituents is 1. The lowest BCUT2D eigenvalue weighted by atomic mass is 10.2. The zero-order valence-electron chi connectivity index (χ0n) is 13.2. The summed E-state index contributed by atoms with van der Waals surface area (Å²) in [7, 11) is 2.90. The summed E-state index contributed by atoms with van der Waals surface area (Å²) < 4.78 is 14.9.